The summed E-state index contributed by atoms with van der Waals surface area (Å²) < 4.78 is 5.76. The van der Waals surface area contributed by atoms with Gasteiger partial charge < -0.3 is 9.84 Å². The van der Waals surface area contributed by atoms with E-state index in [4.69, 9.17) is 4.74 Å². The lowest BCUT2D eigenvalue weighted by Gasteiger charge is -2.37. The predicted molar refractivity (Wildman–Crippen MR) is 72.1 cm³/mol. The first-order chi connectivity index (χ1) is 8.18. The molecule has 2 heteroatoms. The van der Waals surface area contributed by atoms with E-state index in [-0.39, 0.29) is 11.7 Å². The van der Waals surface area contributed by atoms with Crippen LogP contribution in [-0.4, -0.2) is 23.9 Å². The van der Waals surface area contributed by atoms with Crippen LogP contribution in [0.25, 0.3) is 0 Å². The second kappa shape index (κ2) is 7.38. The van der Waals surface area contributed by atoms with E-state index in [1.165, 1.54) is 25.7 Å². The number of ether oxygens (including phenoxy) is 1. The predicted octanol–water partition coefficient (Wildman–Crippen LogP) is 3.91. The van der Waals surface area contributed by atoms with Crippen molar-refractivity contribution in [3.63, 3.8) is 0 Å². The summed E-state index contributed by atoms with van der Waals surface area (Å²) in [7, 11) is 1.78. The van der Waals surface area contributed by atoms with Crippen LogP contribution in [-0.2, 0) is 4.74 Å². The number of hydrogen-bond acceptors (Lipinski definition) is 2. The fraction of sp³-hybridized carbons (Fsp3) is 1.00. The minimum atomic E-state index is -0.282. The smallest absolute Gasteiger partial charge is 0.0936 e. The summed E-state index contributed by atoms with van der Waals surface area (Å²) in [5.41, 5.74) is -0.251. The summed E-state index contributed by atoms with van der Waals surface area (Å²) in [5.74, 6) is 0.639. The fourth-order valence-electron chi connectivity index (χ4n) is 3.15. The molecular weight excluding hydrogens is 212 g/mol. The molecule has 102 valence electrons. The van der Waals surface area contributed by atoms with E-state index in [1.807, 2.05) is 0 Å². The van der Waals surface area contributed by atoms with Crippen molar-refractivity contribution in [3.05, 3.63) is 0 Å². The maximum absolute atomic E-state index is 10.6. The summed E-state index contributed by atoms with van der Waals surface area (Å²) in [5, 5.41) is 10.6. The molecule has 0 aliphatic heterocycles. The Morgan fingerprint density at radius 1 is 1.06 bits per heavy atom. The van der Waals surface area contributed by atoms with Crippen LogP contribution in [0.4, 0.5) is 0 Å². The lowest BCUT2D eigenvalue weighted by Crippen LogP contribution is -2.44. The molecule has 1 fully saturated rings. The molecule has 0 radical (unpaired) electrons. The summed E-state index contributed by atoms with van der Waals surface area (Å²) in [6.07, 6.45) is 10.0. The number of aliphatic hydroxyl groups is 1. The van der Waals surface area contributed by atoms with Crippen LogP contribution in [0.5, 0.6) is 0 Å². The Morgan fingerprint density at radius 2 is 1.59 bits per heavy atom. The second-order valence-corrected chi connectivity index (χ2v) is 5.62. The zero-order chi connectivity index (χ0) is 12.7. The molecule has 0 amide bonds. The van der Waals surface area contributed by atoms with Gasteiger partial charge in [0, 0.05) is 7.11 Å². The van der Waals surface area contributed by atoms with Crippen molar-refractivity contribution in [1.29, 1.82) is 0 Å². The molecule has 0 aromatic carbocycles. The third-order valence-electron chi connectivity index (χ3n) is 4.68. The van der Waals surface area contributed by atoms with Crippen molar-refractivity contribution in [2.75, 3.05) is 7.11 Å². The number of rotatable bonds is 6. The Kier molecular flexibility index (Phi) is 6.50. The highest BCUT2D eigenvalue weighted by Crippen LogP contribution is 2.36. The minimum absolute atomic E-state index is 0.251. The molecule has 1 saturated carbocycles. The molecule has 0 bridgehead atoms. The van der Waals surface area contributed by atoms with Gasteiger partial charge in [0.1, 0.15) is 0 Å². The monoisotopic (exact) mass is 242 g/mol. The Hall–Kier alpha value is -0.0800. The quantitative estimate of drug-likeness (QED) is 0.715. The van der Waals surface area contributed by atoms with Crippen LogP contribution in [0, 0.1) is 5.92 Å². The van der Waals surface area contributed by atoms with Gasteiger partial charge in [-0.3, -0.25) is 0 Å². The van der Waals surface area contributed by atoms with Crippen molar-refractivity contribution in [2.24, 2.45) is 5.92 Å². The van der Waals surface area contributed by atoms with E-state index >= 15 is 0 Å². The van der Waals surface area contributed by atoms with E-state index in [1.54, 1.807) is 7.11 Å². The highest BCUT2D eigenvalue weighted by molar-refractivity contribution is 4.90. The molecule has 1 aliphatic rings. The maximum atomic E-state index is 10.6. The van der Waals surface area contributed by atoms with Gasteiger partial charge in [-0.1, -0.05) is 52.4 Å². The van der Waals surface area contributed by atoms with Gasteiger partial charge >= 0.3 is 0 Å². The van der Waals surface area contributed by atoms with Crippen LogP contribution in [0.2, 0.25) is 0 Å². The summed E-state index contributed by atoms with van der Waals surface area (Å²) in [6.45, 7) is 4.43. The third kappa shape index (κ3) is 3.96. The fourth-order valence-corrected chi connectivity index (χ4v) is 3.15. The number of hydrogen-bond donors (Lipinski definition) is 1. The summed E-state index contributed by atoms with van der Waals surface area (Å²) in [6, 6.07) is 0. The molecule has 17 heavy (non-hydrogen) atoms. The molecular formula is C15H30O2. The van der Waals surface area contributed by atoms with Gasteiger partial charge in [-0.25, -0.2) is 0 Å². The van der Waals surface area contributed by atoms with Crippen LogP contribution in [0.15, 0.2) is 0 Å². The van der Waals surface area contributed by atoms with Crippen molar-refractivity contribution < 1.29 is 9.84 Å². The van der Waals surface area contributed by atoms with Crippen LogP contribution in [0.3, 0.4) is 0 Å². The van der Waals surface area contributed by atoms with Gasteiger partial charge in [-0.05, 0) is 25.2 Å². The van der Waals surface area contributed by atoms with Crippen molar-refractivity contribution in [3.8, 4) is 0 Å². The molecule has 0 heterocycles. The Bertz CT molecular complexity index is 191. The van der Waals surface area contributed by atoms with E-state index in [0.717, 1.165) is 32.1 Å². The summed E-state index contributed by atoms with van der Waals surface area (Å²) >= 11 is 0. The van der Waals surface area contributed by atoms with Crippen molar-refractivity contribution >= 4 is 0 Å². The van der Waals surface area contributed by atoms with Crippen molar-refractivity contribution in [2.45, 2.75) is 83.3 Å². The third-order valence-corrected chi connectivity index (χ3v) is 4.68. The van der Waals surface area contributed by atoms with Crippen LogP contribution in [0.1, 0.15) is 71.6 Å². The average Bonchev–Trinajstić information content (AvgIpc) is 2.61. The van der Waals surface area contributed by atoms with E-state index < -0.39 is 0 Å². The lowest BCUT2D eigenvalue weighted by molar-refractivity contribution is -0.118. The van der Waals surface area contributed by atoms with Gasteiger partial charge in [0.25, 0.3) is 0 Å². The number of methoxy groups -OCH3 is 1. The lowest BCUT2D eigenvalue weighted by atomic mass is 9.82. The summed E-state index contributed by atoms with van der Waals surface area (Å²) in [4.78, 5) is 0. The van der Waals surface area contributed by atoms with Gasteiger partial charge in [-0.2, -0.15) is 0 Å². The van der Waals surface area contributed by atoms with Crippen molar-refractivity contribution in [1.82, 2.24) is 0 Å². The first-order valence-electron chi connectivity index (χ1n) is 7.41. The van der Waals surface area contributed by atoms with Gasteiger partial charge in [0.2, 0.25) is 0 Å². The average molecular weight is 242 g/mol. The Balaban J connectivity index is 2.63. The molecule has 1 rings (SSSR count). The molecule has 2 nitrogen and oxygen atoms in total. The minimum Gasteiger partial charge on any atom is -0.390 e. The molecule has 1 unspecified atom stereocenters. The first-order valence-corrected chi connectivity index (χ1v) is 7.41. The van der Waals surface area contributed by atoms with E-state index in [2.05, 4.69) is 13.8 Å². The highest BCUT2D eigenvalue weighted by Gasteiger charge is 2.38. The molecule has 0 spiro atoms. The van der Waals surface area contributed by atoms with E-state index in [0.29, 0.717) is 5.92 Å². The topological polar surface area (TPSA) is 29.5 Å². The number of aliphatic hydroxyl groups excluding tert-OH is 1. The Morgan fingerprint density at radius 3 is 2.00 bits per heavy atom. The van der Waals surface area contributed by atoms with Crippen LogP contribution < -0.4 is 0 Å². The standard InChI is InChI=1S/C15H30O2/c1-4-13(5-2)12-14(16)15(17-3)10-8-6-7-9-11-15/h13-14,16H,4-12H2,1-3H3. The molecule has 0 saturated heterocycles. The zero-order valence-corrected chi connectivity index (χ0v) is 11.9. The molecule has 0 aromatic heterocycles. The molecule has 0 aromatic rings. The highest BCUT2D eigenvalue weighted by atomic mass is 16.5. The van der Waals surface area contributed by atoms with Gasteiger partial charge in [-0.15, -0.1) is 0 Å². The zero-order valence-electron chi connectivity index (χ0n) is 11.9. The molecule has 1 aliphatic carbocycles. The van der Waals surface area contributed by atoms with Crippen LogP contribution >= 0.6 is 0 Å². The molecule has 1 N–H and O–H groups in total. The SMILES string of the molecule is CCC(CC)CC(O)C1(OC)CCCCCC1. The largest absolute Gasteiger partial charge is 0.390 e. The normalized spacial score (nSPS) is 22.4. The van der Waals surface area contributed by atoms with Gasteiger partial charge in [0.15, 0.2) is 0 Å². The van der Waals surface area contributed by atoms with E-state index in [9.17, 15) is 5.11 Å². The Labute approximate surface area is 107 Å². The van der Waals surface area contributed by atoms with Gasteiger partial charge in [0.05, 0.1) is 11.7 Å². The first kappa shape index (κ1) is 15.0. The maximum Gasteiger partial charge on any atom is 0.0936 e. The second-order valence-electron chi connectivity index (χ2n) is 5.62. The molecule has 1 atom stereocenters.